The van der Waals surface area contributed by atoms with Crippen LogP contribution in [0.15, 0.2) is 23.8 Å². The van der Waals surface area contributed by atoms with Gasteiger partial charge in [0.1, 0.15) is 0 Å². The molecular weight excluding hydrogens is 192 g/mol. The van der Waals surface area contributed by atoms with Crippen molar-refractivity contribution in [2.24, 2.45) is 17.3 Å². The molecule has 0 heterocycles. The fraction of sp³-hybridized carbons (Fsp3) is 0.750. The number of fused-ring (bicyclic) bond motifs is 1. The van der Waals surface area contributed by atoms with Crippen LogP contribution in [0.5, 0.6) is 0 Å². The molecule has 1 saturated carbocycles. The summed E-state index contributed by atoms with van der Waals surface area (Å²) in [6, 6.07) is 0. The molecule has 0 nitrogen and oxygen atoms in total. The molecule has 0 aromatic carbocycles. The Hall–Kier alpha value is -0.520. The van der Waals surface area contributed by atoms with E-state index in [0.717, 1.165) is 11.8 Å². The lowest BCUT2D eigenvalue weighted by atomic mass is 9.52. The van der Waals surface area contributed by atoms with Gasteiger partial charge in [0.25, 0.3) is 0 Å². The van der Waals surface area contributed by atoms with E-state index in [4.69, 9.17) is 0 Å². The summed E-state index contributed by atoms with van der Waals surface area (Å²) in [5.41, 5.74) is 3.71. The minimum absolute atomic E-state index is 0.563. The molecular formula is C16H26. The third kappa shape index (κ3) is 2.26. The van der Waals surface area contributed by atoms with Crippen LogP contribution in [0, 0.1) is 17.3 Å². The minimum atomic E-state index is 0.563. The first-order valence-electron chi connectivity index (χ1n) is 6.84. The van der Waals surface area contributed by atoms with E-state index in [1.54, 1.807) is 5.57 Å². The van der Waals surface area contributed by atoms with Crippen molar-refractivity contribution in [2.75, 3.05) is 0 Å². The van der Waals surface area contributed by atoms with Gasteiger partial charge in [-0.15, -0.1) is 0 Å². The first-order chi connectivity index (χ1) is 7.50. The third-order valence-corrected chi connectivity index (χ3v) is 4.80. The highest BCUT2D eigenvalue weighted by Gasteiger charge is 2.47. The van der Waals surface area contributed by atoms with E-state index in [9.17, 15) is 0 Å². The van der Waals surface area contributed by atoms with E-state index < -0.39 is 0 Å². The predicted octanol–water partition coefficient (Wildman–Crippen LogP) is 5.12. The standard InChI is InChI=1S/C16H26/c1-12-7-5-6-8-13(2)14-11-16(3,4)15(14)10-9-12/h7,14-15H,2,5-6,8-11H2,1,3-4H3/b12-7-/t14-,15-/m1/s1. The normalized spacial score (nSPS) is 37.9. The quantitative estimate of drug-likeness (QED) is 0.495. The maximum Gasteiger partial charge on any atom is -0.0167 e. The molecule has 0 N–H and O–H groups in total. The summed E-state index contributed by atoms with van der Waals surface area (Å²) >= 11 is 0. The Labute approximate surface area is 101 Å². The second kappa shape index (κ2) is 4.39. The Morgan fingerprint density at radius 1 is 1.31 bits per heavy atom. The lowest BCUT2D eigenvalue weighted by molar-refractivity contribution is 0.00297. The molecule has 2 atom stereocenters. The zero-order chi connectivity index (χ0) is 11.8. The Morgan fingerprint density at radius 2 is 2.06 bits per heavy atom. The fourth-order valence-electron chi connectivity index (χ4n) is 3.61. The van der Waals surface area contributed by atoms with Crippen LogP contribution >= 0.6 is 0 Å². The van der Waals surface area contributed by atoms with Crippen molar-refractivity contribution in [3.05, 3.63) is 23.8 Å². The molecule has 90 valence electrons. The molecule has 0 saturated heterocycles. The van der Waals surface area contributed by atoms with Gasteiger partial charge in [-0.3, -0.25) is 0 Å². The average Bonchev–Trinajstić information content (AvgIpc) is 2.20. The lowest BCUT2D eigenvalue weighted by Crippen LogP contribution is -2.44. The van der Waals surface area contributed by atoms with Gasteiger partial charge >= 0.3 is 0 Å². The van der Waals surface area contributed by atoms with Crippen LogP contribution in [0.4, 0.5) is 0 Å². The van der Waals surface area contributed by atoms with Crippen molar-refractivity contribution in [2.45, 2.75) is 59.3 Å². The first kappa shape index (κ1) is 12.0. The van der Waals surface area contributed by atoms with Gasteiger partial charge in [0.05, 0.1) is 0 Å². The molecule has 0 radical (unpaired) electrons. The van der Waals surface area contributed by atoms with Gasteiger partial charge in [-0.05, 0) is 62.7 Å². The Balaban J connectivity index is 2.09. The number of hydrogen-bond acceptors (Lipinski definition) is 0. The second-order valence-corrected chi connectivity index (χ2v) is 6.55. The molecule has 0 aromatic rings. The van der Waals surface area contributed by atoms with Crippen LogP contribution < -0.4 is 0 Å². The molecule has 0 aromatic heterocycles. The van der Waals surface area contributed by atoms with E-state index in [0.29, 0.717) is 5.41 Å². The predicted molar refractivity (Wildman–Crippen MR) is 71.4 cm³/mol. The highest BCUT2D eigenvalue weighted by atomic mass is 14.5. The highest BCUT2D eigenvalue weighted by molar-refractivity contribution is 5.14. The molecule has 0 amide bonds. The average molecular weight is 218 g/mol. The Bertz CT molecular complexity index is 306. The third-order valence-electron chi connectivity index (χ3n) is 4.80. The fourth-order valence-corrected chi connectivity index (χ4v) is 3.61. The van der Waals surface area contributed by atoms with Crippen molar-refractivity contribution < 1.29 is 0 Å². The van der Waals surface area contributed by atoms with Crippen molar-refractivity contribution >= 4 is 0 Å². The van der Waals surface area contributed by atoms with Crippen LogP contribution in [-0.4, -0.2) is 0 Å². The second-order valence-electron chi connectivity index (χ2n) is 6.55. The van der Waals surface area contributed by atoms with Crippen LogP contribution in [0.25, 0.3) is 0 Å². The molecule has 0 bridgehead atoms. The topological polar surface area (TPSA) is 0 Å². The van der Waals surface area contributed by atoms with E-state index >= 15 is 0 Å². The molecule has 1 fully saturated rings. The molecule has 2 rings (SSSR count). The van der Waals surface area contributed by atoms with Crippen molar-refractivity contribution in [3.63, 3.8) is 0 Å². The summed E-state index contributed by atoms with van der Waals surface area (Å²) in [7, 11) is 0. The Kier molecular flexibility index (Phi) is 3.28. The molecule has 0 unspecified atom stereocenters. The number of rotatable bonds is 0. The summed E-state index contributed by atoms with van der Waals surface area (Å²) in [5.74, 6) is 1.72. The summed E-state index contributed by atoms with van der Waals surface area (Å²) < 4.78 is 0. The zero-order valence-electron chi connectivity index (χ0n) is 11.2. The van der Waals surface area contributed by atoms with E-state index in [1.807, 2.05) is 0 Å². The molecule has 2 aliphatic carbocycles. The van der Waals surface area contributed by atoms with E-state index in [1.165, 1.54) is 44.1 Å². The monoisotopic (exact) mass is 218 g/mol. The maximum absolute atomic E-state index is 4.33. The smallest absolute Gasteiger partial charge is 0.0167 e. The molecule has 16 heavy (non-hydrogen) atoms. The van der Waals surface area contributed by atoms with Gasteiger partial charge in [-0.25, -0.2) is 0 Å². The SMILES string of the molecule is C=C1CCC/C=C(/C)CC[C@@H]2[C@@H]1CC2(C)C. The van der Waals surface area contributed by atoms with Crippen molar-refractivity contribution in [1.29, 1.82) is 0 Å². The molecule has 0 heteroatoms. The molecule has 0 spiro atoms. The largest absolute Gasteiger partial charge is 0.0996 e. The van der Waals surface area contributed by atoms with Gasteiger partial charge in [-0.1, -0.05) is 37.6 Å². The summed E-state index contributed by atoms with van der Waals surface area (Å²) in [6.45, 7) is 11.5. The highest BCUT2D eigenvalue weighted by Crippen LogP contribution is 2.56. The van der Waals surface area contributed by atoms with Crippen molar-refractivity contribution in [3.8, 4) is 0 Å². The van der Waals surface area contributed by atoms with Crippen LogP contribution in [-0.2, 0) is 0 Å². The van der Waals surface area contributed by atoms with E-state index in [-0.39, 0.29) is 0 Å². The van der Waals surface area contributed by atoms with Gasteiger partial charge in [0.2, 0.25) is 0 Å². The minimum Gasteiger partial charge on any atom is -0.0996 e. The van der Waals surface area contributed by atoms with Gasteiger partial charge < -0.3 is 0 Å². The van der Waals surface area contributed by atoms with Gasteiger partial charge in [0.15, 0.2) is 0 Å². The zero-order valence-corrected chi connectivity index (χ0v) is 11.2. The van der Waals surface area contributed by atoms with Gasteiger partial charge in [-0.2, -0.15) is 0 Å². The van der Waals surface area contributed by atoms with Crippen LogP contribution in [0.3, 0.4) is 0 Å². The van der Waals surface area contributed by atoms with E-state index in [2.05, 4.69) is 33.4 Å². The van der Waals surface area contributed by atoms with Crippen molar-refractivity contribution in [1.82, 2.24) is 0 Å². The summed E-state index contributed by atoms with van der Waals surface area (Å²) in [6.07, 6.45) is 10.3. The first-order valence-corrected chi connectivity index (χ1v) is 6.84. The summed E-state index contributed by atoms with van der Waals surface area (Å²) in [5, 5.41) is 0. The maximum atomic E-state index is 4.33. The molecule has 0 aliphatic heterocycles. The number of hydrogen-bond donors (Lipinski definition) is 0. The van der Waals surface area contributed by atoms with Crippen LogP contribution in [0.2, 0.25) is 0 Å². The van der Waals surface area contributed by atoms with Crippen LogP contribution in [0.1, 0.15) is 59.3 Å². The van der Waals surface area contributed by atoms with Gasteiger partial charge in [0, 0.05) is 0 Å². The Morgan fingerprint density at radius 3 is 2.75 bits per heavy atom. The lowest BCUT2D eigenvalue weighted by Gasteiger charge is -2.53. The number of allylic oxidation sites excluding steroid dienone is 3. The molecule has 2 aliphatic rings. The summed E-state index contributed by atoms with van der Waals surface area (Å²) in [4.78, 5) is 0.